The quantitative estimate of drug-likeness (QED) is 0.768. The van der Waals surface area contributed by atoms with Crippen molar-refractivity contribution in [2.75, 3.05) is 18.5 Å². The summed E-state index contributed by atoms with van der Waals surface area (Å²) in [5, 5.41) is 0. The van der Waals surface area contributed by atoms with Crippen molar-refractivity contribution in [2.45, 2.75) is 37.1 Å². The minimum atomic E-state index is -3.86. The molecule has 1 fully saturated rings. The summed E-state index contributed by atoms with van der Waals surface area (Å²) in [7, 11) is -2.30. The highest BCUT2D eigenvalue weighted by molar-refractivity contribution is 7.90. The number of rotatable bonds is 3. The molecule has 8 heteroatoms. The first-order chi connectivity index (χ1) is 13.9. The van der Waals surface area contributed by atoms with E-state index in [1.807, 2.05) is 4.90 Å². The second-order valence-corrected chi connectivity index (χ2v) is 8.95. The minimum absolute atomic E-state index is 0.0493. The van der Waals surface area contributed by atoms with E-state index in [9.17, 15) is 17.6 Å². The van der Waals surface area contributed by atoms with Gasteiger partial charge < -0.3 is 9.80 Å². The molecule has 0 saturated carbocycles. The fourth-order valence-corrected chi connectivity index (χ4v) is 5.07. The lowest BCUT2D eigenvalue weighted by Gasteiger charge is -2.30. The van der Waals surface area contributed by atoms with Crippen LogP contribution in [-0.4, -0.2) is 38.7 Å². The number of anilines is 1. The van der Waals surface area contributed by atoms with Crippen molar-refractivity contribution >= 4 is 27.5 Å². The van der Waals surface area contributed by atoms with E-state index >= 15 is 0 Å². The highest BCUT2D eigenvalue weighted by Gasteiger charge is 2.32. The van der Waals surface area contributed by atoms with Crippen molar-refractivity contribution in [3.8, 4) is 0 Å². The Morgan fingerprint density at radius 3 is 2.76 bits per heavy atom. The van der Waals surface area contributed by atoms with Crippen LogP contribution in [0.25, 0.3) is 0 Å². The van der Waals surface area contributed by atoms with Gasteiger partial charge in [-0.1, -0.05) is 24.6 Å². The van der Waals surface area contributed by atoms with Gasteiger partial charge in [-0.05, 0) is 37.1 Å². The molecule has 0 aliphatic carbocycles. The largest absolute Gasteiger partial charge is 0.337 e. The van der Waals surface area contributed by atoms with Gasteiger partial charge in [-0.2, -0.15) is 8.42 Å². The third kappa shape index (κ3) is 3.76. The maximum absolute atomic E-state index is 13.9. The average Bonchev–Trinajstić information content (AvgIpc) is 2.93. The third-order valence-corrected chi connectivity index (χ3v) is 6.64. The number of carbonyl (C=O) groups excluding carboxylic acids is 1. The van der Waals surface area contributed by atoms with E-state index in [4.69, 9.17) is 0 Å². The predicted molar refractivity (Wildman–Crippen MR) is 109 cm³/mol. The van der Waals surface area contributed by atoms with Gasteiger partial charge in [0.1, 0.15) is 16.5 Å². The van der Waals surface area contributed by atoms with Crippen LogP contribution in [0.4, 0.5) is 10.1 Å². The average molecular weight is 415 g/mol. The molecule has 0 N–H and O–H groups in total. The van der Waals surface area contributed by atoms with E-state index < -0.39 is 10.0 Å². The van der Waals surface area contributed by atoms with Gasteiger partial charge in [0.15, 0.2) is 0 Å². The van der Waals surface area contributed by atoms with Crippen LogP contribution in [0.5, 0.6) is 0 Å². The molecule has 4 rings (SSSR count). The van der Waals surface area contributed by atoms with Crippen molar-refractivity contribution < 1.29 is 17.6 Å². The molecule has 2 aliphatic heterocycles. The molecule has 6 nitrogen and oxygen atoms in total. The molecule has 0 radical (unpaired) electrons. The lowest BCUT2D eigenvalue weighted by molar-refractivity contribution is 0.0783. The van der Waals surface area contributed by atoms with Crippen LogP contribution in [0.1, 0.15) is 41.6 Å². The molecule has 2 aromatic rings. The molecule has 0 unspecified atom stereocenters. The second-order valence-electron chi connectivity index (χ2n) is 7.38. The number of hydrogen-bond donors (Lipinski definition) is 0. The van der Waals surface area contributed by atoms with Crippen molar-refractivity contribution in [1.82, 2.24) is 4.90 Å². The van der Waals surface area contributed by atoms with E-state index in [1.165, 1.54) is 17.0 Å². The molecule has 2 heterocycles. The van der Waals surface area contributed by atoms with Crippen molar-refractivity contribution in [3.63, 3.8) is 0 Å². The van der Waals surface area contributed by atoms with Crippen LogP contribution in [-0.2, 0) is 16.6 Å². The molecule has 2 aromatic carbocycles. The van der Waals surface area contributed by atoms with Crippen molar-refractivity contribution in [1.29, 1.82) is 0 Å². The van der Waals surface area contributed by atoms with Crippen LogP contribution in [0.3, 0.4) is 0 Å². The molecule has 1 saturated heterocycles. The standard InChI is InChI=1S/C21H22FN3O3S/c1-24(14-16-7-4-5-8-17(16)22)21(26)15-10-11-18-19(13-15)29(27,28)23-20-9-3-2-6-12-25(18)20/h4-5,7-8,10-11,13H,2-3,6,9,12,14H2,1H3. The number of sulfonamides is 1. The van der Waals surface area contributed by atoms with E-state index in [0.717, 1.165) is 19.3 Å². The highest BCUT2D eigenvalue weighted by Crippen LogP contribution is 2.35. The minimum Gasteiger partial charge on any atom is -0.337 e. The first kappa shape index (κ1) is 19.6. The SMILES string of the molecule is CN(Cc1ccccc1F)C(=O)c1ccc2c(c1)S(=O)(=O)N=C1CCCCCN12. The summed E-state index contributed by atoms with van der Waals surface area (Å²) in [6.07, 6.45) is 3.54. The molecule has 152 valence electrons. The Kier molecular flexibility index (Phi) is 5.12. The fourth-order valence-electron chi connectivity index (χ4n) is 3.79. The first-order valence-corrected chi connectivity index (χ1v) is 11.0. The van der Waals surface area contributed by atoms with Crippen LogP contribution in [0.2, 0.25) is 0 Å². The summed E-state index contributed by atoms with van der Waals surface area (Å²) in [5.41, 5.74) is 1.21. The summed E-state index contributed by atoms with van der Waals surface area (Å²) < 4.78 is 43.4. The van der Waals surface area contributed by atoms with Crippen molar-refractivity contribution in [3.05, 3.63) is 59.4 Å². The first-order valence-electron chi connectivity index (χ1n) is 9.61. The van der Waals surface area contributed by atoms with Crippen LogP contribution in [0.15, 0.2) is 51.8 Å². The number of nitrogens with zero attached hydrogens (tertiary/aromatic N) is 3. The maximum Gasteiger partial charge on any atom is 0.286 e. The molecular weight excluding hydrogens is 393 g/mol. The lowest BCUT2D eigenvalue weighted by atomic mass is 10.1. The Morgan fingerprint density at radius 2 is 1.97 bits per heavy atom. The van der Waals surface area contributed by atoms with Gasteiger partial charge in [-0.25, -0.2) is 4.39 Å². The molecule has 0 bridgehead atoms. The zero-order chi connectivity index (χ0) is 20.6. The molecule has 0 spiro atoms. The van der Waals surface area contributed by atoms with Crippen LogP contribution >= 0.6 is 0 Å². The smallest absolute Gasteiger partial charge is 0.286 e. The van der Waals surface area contributed by atoms with E-state index in [-0.39, 0.29) is 28.7 Å². The molecular formula is C21H22FN3O3S. The Hall–Kier alpha value is -2.74. The zero-order valence-electron chi connectivity index (χ0n) is 16.1. The number of halogens is 1. The Balaban J connectivity index is 1.65. The zero-order valence-corrected chi connectivity index (χ0v) is 17.0. The van der Waals surface area contributed by atoms with Gasteiger partial charge in [-0.3, -0.25) is 4.79 Å². The predicted octanol–water partition coefficient (Wildman–Crippen LogP) is 3.58. The Bertz CT molecular complexity index is 1100. The summed E-state index contributed by atoms with van der Waals surface area (Å²) in [6, 6.07) is 10.9. The van der Waals surface area contributed by atoms with Crippen LogP contribution < -0.4 is 4.90 Å². The number of benzene rings is 2. The summed E-state index contributed by atoms with van der Waals surface area (Å²) in [4.78, 5) is 16.2. The van der Waals surface area contributed by atoms with Crippen molar-refractivity contribution in [2.24, 2.45) is 4.40 Å². The lowest BCUT2D eigenvalue weighted by Crippen LogP contribution is -2.35. The summed E-state index contributed by atoms with van der Waals surface area (Å²) >= 11 is 0. The normalized spacial score (nSPS) is 17.6. The van der Waals surface area contributed by atoms with E-state index in [2.05, 4.69) is 4.40 Å². The van der Waals surface area contributed by atoms with E-state index in [1.54, 1.807) is 37.4 Å². The molecule has 0 atom stereocenters. The number of amidine groups is 1. The third-order valence-electron chi connectivity index (χ3n) is 5.31. The topological polar surface area (TPSA) is 70.0 Å². The highest BCUT2D eigenvalue weighted by atomic mass is 32.2. The Labute approximate surface area is 169 Å². The van der Waals surface area contributed by atoms with Gasteiger partial charge >= 0.3 is 0 Å². The molecule has 1 amide bonds. The summed E-state index contributed by atoms with van der Waals surface area (Å²) in [5.74, 6) is -0.189. The van der Waals surface area contributed by atoms with E-state index in [0.29, 0.717) is 30.1 Å². The maximum atomic E-state index is 13.9. The number of carbonyl (C=O) groups is 1. The van der Waals surface area contributed by atoms with Gasteiger partial charge in [0.25, 0.3) is 15.9 Å². The van der Waals surface area contributed by atoms with Gasteiger partial charge in [-0.15, -0.1) is 4.40 Å². The molecule has 0 aromatic heterocycles. The molecule has 2 aliphatic rings. The number of hydrogen-bond acceptors (Lipinski definition) is 4. The van der Waals surface area contributed by atoms with Crippen LogP contribution in [0, 0.1) is 5.82 Å². The fraction of sp³-hybridized carbons (Fsp3) is 0.333. The van der Waals surface area contributed by atoms with Gasteiger partial charge in [0, 0.05) is 37.7 Å². The monoisotopic (exact) mass is 415 g/mol. The number of amides is 1. The summed E-state index contributed by atoms with van der Waals surface area (Å²) in [6.45, 7) is 0.797. The Morgan fingerprint density at radius 1 is 1.17 bits per heavy atom. The molecule has 29 heavy (non-hydrogen) atoms. The number of fused-ring (bicyclic) bond motifs is 3. The van der Waals surface area contributed by atoms with Gasteiger partial charge in [0.05, 0.1) is 5.69 Å². The van der Waals surface area contributed by atoms with Gasteiger partial charge in [0.2, 0.25) is 0 Å². The second kappa shape index (κ2) is 7.59.